The fourth-order valence-corrected chi connectivity index (χ4v) is 2.57. The minimum Gasteiger partial charge on any atom is -0.486 e. The van der Waals surface area contributed by atoms with Crippen molar-refractivity contribution in [2.45, 2.75) is 53.4 Å². The van der Waals surface area contributed by atoms with Crippen molar-refractivity contribution in [1.29, 1.82) is 0 Å². The van der Waals surface area contributed by atoms with E-state index in [1.165, 1.54) is 11.3 Å². The topological polar surface area (TPSA) is 54.0 Å². The zero-order chi connectivity index (χ0) is 16.8. The third-order valence-electron chi connectivity index (χ3n) is 2.49. The van der Waals surface area contributed by atoms with E-state index in [2.05, 4.69) is 0 Å². The number of carbonyl (C=O) groups is 1. The van der Waals surface area contributed by atoms with Crippen LogP contribution in [-0.2, 0) is 14.2 Å². The molecular formula is C16H26O5S. The molecule has 0 fully saturated rings. The molecule has 0 aromatic carbocycles. The summed E-state index contributed by atoms with van der Waals surface area (Å²) >= 11 is 1.36. The third kappa shape index (κ3) is 6.34. The Hall–Kier alpha value is -1.11. The monoisotopic (exact) mass is 330 g/mol. The third-order valence-corrected chi connectivity index (χ3v) is 3.50. The molecule has 0 bridgehead atoms. The quantitative estimate of drug-likeness (QED) is 0.536. The first-order valence-corrected chi connectivity index (χ1v) is 8.28. The molecule has 0 aliphatic rings. The summed E-state index contributed by atoms with van der Waals surface area (Å²) in [6.45, 7) is 12.5. The fraction of sp³-hybridized carbons (Fsp3) is 0.688. The molecule has 0 saturated heterocycles. The molecule has 1 rings (SSSR count). The van der Waals surface area contributed by atoms with E-state index in [4.69, 9.17) is 18.9 Å². The van der Waals surface area contributed by atoms with Crippen LogP contribution in [0.1, 0.15) is 49.2 Å². The zero-order valence-corrected chi connectivity index (χ0v) is 15.0. The fourth-order valence-electron chi connectivity index (χ4n) is 1.74. The lowest BCUT2D eigenvalue weighted by molar-refractivity contribution is -0.152. The van der Waals surface area contributed by atoms with Crippen molar-refractivity contribution in [2.24, 2.45) is 0 Å². The van der Waals surface area contributed by atoms with Crippen molar-refractivity contribution in [3.8, 4) is 5.75 Å². The Balaban J connectivity index is 2.76. The summed E-state index contributed by atoms with van der Waals surface area (Å²) in [5.41, 5.74) is -0.536. The summed E-state index contributed by atoms with van der Waals surface area (Å²) in [6.07, 6.45) is -0.443. The normalized spacial score (nSPS) is 11.8. The minimum absolute atomic E-state index is 0.230. The number of hydrogen-bond donors (Lipinski definition) is 0. The molecule has 126 valence electrons. The van der Waals surface area contributed by atoms with Crippen LogP contribution < -0.4 is 4.74 Å². The highest BCUT2D eigenvalue weighted by Gasteiger charge is 2.24. The second kappa shape index (κ2) is 8.50. The second-order valence-corrected chi connectivity index (χ2v) is 6.96. The molecule has 1 aromatic heterocycles. The predicted octanol–water partition coefficient (Wildman–Crippen LogP) is 3.79. The highest BCUT2D eigenvalue weighted by Crippen LogP contribution is 2.31. The smallest absolute Gasteiger partial charge is 0.352 e. The van der Waals surface area contributed by atoms with Gasteiger partial charge in [-0.2, -0.15) is 0 Å². The van der Waals surface area contributed by atoms with E-state index in [9.17, 15) is 4.79 Å². The van der Waals surface area contributed by atoms with Gasteiger partial charge in [0.25, 0.3) is 0 Å². The van der Waals surface area contributed by atoms with E-state index in [1.807, 2.05) is 47.6 Å². The van der Waals surface area contributed by atoms with Gasteiger partial charge < -0.3 is 18.9 Å². The highest BCUT2D eigenvalue weighted by atomic mass is 32.1. The van der Waals surface area contributed by atoms with Crippen molar-refractivity contribution in [3.63, 3.8) is 0 Å². The lowest BCUT2D eigenvalue weighted by Gasteiger charge is -2.20. The molecule has 5 nitrogen and oxygen atoms in total. The first kappa shape index (κ1) is 18.9. The Morgan fingerprint density at radius 3 is 2.32 bits per heavy atom. The maximum atomic E-state index is 12.2. The van der Waals surface area contributed by atoms with Crippen LogP contribution >= 0.6 is 11.3 Å². The molecular weight excluding hydrogens is 304 g/mol. The summed E-state index contributed by atoms with van der Waals surface area (Å²) in [5.74, 6) is 0.145. The second-order valence-electron chi connectivity index (χ2n) is 5.70. The van der Waals surface area contributed by atoms with Crippen LogP contribution in [0.4, 0.5) is 0 Å². The molecule has 0 unspecified atom stereocenters. The molecule has 6 heteroatoms. The van der Waals surface area contributed by atoms with Crippen LogP contribution in [0.5, 0.6) is 5.75 Å². The van der Waals surface area contributed by atoms with E-state index >= 15 is 0 Å². The Bertz CT molecular complexity index is 469. The molecule has 0 radical (unpaired) electrons. The molecule has 1 heterocycles. The number of thiophene rings is 1. The van der Waals surface area contributed by atoms with Crippen molar-refractivity contribution in [1.82, 2.24) is 0 Å². The molecule has 0 N–H and O–H groups in total. The van der Waals surface area contributed by atoms with Gasteiger partial charge in [-0.15, -0.1) is 11.3 Å². The van der Waals surface area contributed by atoms with Crippen molar-refractivity contribution >= 4 is 17.3 Å². The van der Waals surface area contributed by atoms with Gasteiger partial charge in [0.15, 0.2) is 11.2 Å². The van der Waals surface area contributed by atoms with Crippen LogP contribution in [-0.4, -0.2) is 37.7 Å². The number of aryl methyl sites for hydroxylation is 1. The summed E-state index contributed by atoms with van der Waals surface area (Å²) in [4.78, 5) is 13.7. The first-order chi connectivity index (χ1) is 10.3. The van der Waals surface area contributed by atoms with Gasteiger partial charge in [-0.05, 0) is 47.6 Å². The number of rotatable bonds is 8. The Labute approximate surface area is 136 Å². The lowest BCUT2D eigenvalue weighted by Crippen LogP contribution is -2.26. The van der Waals surface area contributed by atoms with Crippen LogP contribution in [0, 0.1) is 6.92 Å². The molecule has 0 amide bonds. The van der Waals surface area contributed by atoms with E-state index in [1.54, 1.807) is 0 Å². The van der Waals surface area contributed by atoms with Crippen LogP contribution in [0.2, 0.25) is 0 Å². The number of esters is 1. The van der Waals surface area contributed by atoms with E-state index in [0.717, 1.165) is 4.88 Å². The van der Waals surface area contributed by atoms with E-state index in [0.29, 0.717) is 23.8 Å². The van der Waals surface area contributed by atoms with Crippen molar-refractivity contribution in [3.05, 3.63) is 15.8 Å². The van der Waals surface area contributed by atoms with Crippen molar-refractivity contribution < 1.29 is 23.7 Å². The average molecular weight is 330 g/mol. The van der Waals surface area contributed by atoms with E-state index in [-0.39, 0.29) is 12.6 Å². The maximum absolute atomic E-state index is 12.2. The van der Waals surface area contributed by atoms with Crippen LogP contribution in [0.25, 0.3) is 0 Å². The Morgan fingerprint density at radius 1 is 1.23 bits per heavy atom. The van der Waals surface area contributed by atoms with Gasteiger partial charge in [-0.1, -0.05) is 0 Å². The van der Waals surface area contributed by atoms with Gasteiger partial charge in [0, 0.05) is 18.1 Å². The van der Waals surface area contributed by atoms with Gasteiger partial charge in [-0.3, -0.25) is 0 Å². The largest absolute Gasteiger partial charge is 0.486 e. The summed E-state index contributed by atoms with van der Waals surface area (Å²) in [7, 11) is 0. The Kier molecular flexibility index (Phi) is 7.32. The highest BCUT2D eigenvalue weighted by molar-refractivity contribution is 7.14. The summed E-state index contributed by atoms with van der Waals surface area (Å²) < 4.78 is 22.0. The molecule has 0 aliphatic heterocycles. The summed E-state index contributed by atoms with van der Waals surface area (Å²) in [6, 6.07) is 1.83. The van der Waals surface area contributed by atoms with Crippen molar-refractivity contribution in [2.75, 3.05) is 19.8 Å². The van der Waals surface area contributed by atoms with Crippen LogP contribution in [0.3, 0.4) is 0 Å². The molecule has 22 heavy (non-hydrogen) atoms. The molecule has 0 spiro atoms. The average Bonchev–Trinajstić information content (AvgIpc) is 2.76. The van der Waals surface area contributed by atoms with Gasteiger partial charge in [0.1, 0.15) is 18.0 Å². The zero-order valence-electron chi connectivity index (χ0n) is 14.2. The maximum Gasteiger partial charge on any atom is 0.352 e. The lowest BCUT2D eigenvalue weighted by atomic mass is 10.2. The predicted molar refractivity (Wildman–Crippen MR) is 86.8 cm³/mol. The standard InChI is InChI=1S/C16H26O5S/c1-7-18-13(19-8-2)10-20-12-9-11(3)22-14(12)15(17)21-16(4,5)6/h9,13H,7-8,10H2,1-6H3. The Morgan fingerprint density at radius 2 is 1.82 bits per heavy atom. The minimum atomic E-state index is -0.536. The molecule has 1 aromatic rings. The van der Waals surface area contributed by atoms with Gasteiger partial charge in [0.05, 0.1) is 0 Å². The molecule has 0 aliphatic carbocycles. The van der Waals surface area contributed by atoms with Crippen LogP contribution in [0.15, 0.2) is 6.07 Å². The first-order valence-electron chi connectivity index (χ1n) is 7.46. The van der Waals surface area contributed by atoms with Gasteiger partial charge in [-0.25, -0.2) is 4.79 Å². The van der Waals surface area contributed by atoms with Gasteiger partial charge in [0.2, 0.25) is 0 Å². The molecule has 0 saturated carbocycles. The SMILES string of the molecule is CCOC(COc1cc(C)sc1C(=O)OC(C)(C)C)OCC. The number of ether oxygens (including phenoxy) is 4. The number of hydrogen-bond acceptors (Lipinski definition) is 6. The molecule has 0 atom stereocenters. The number of carbonyl (C=O) groups excluding carboxylic acids is 1. The summed E-state index contributed by atoms with van der Waals surface area (Å²) in [5, 5.41) is 0. The van der Waals surface area contributed by atoms with E-state index < -0.39 is 11.9 Å². The van der Waals surface area contributed by atoms with Gasteiger partial charge >= 0.3 is 5.97 Å².